The molecule has 1 aliphatic rings. The summed E-state index contributed by atoms with van der Waals surface area (Å²) < 4.78 is 16.1. The fourth-order valence-electron chi connectivity index (χ4n) is 5.35. The molecule has 0 N–H and O–H groups in total. The Morgan fingerprint density at radius 1 is 1.06 bits per heavy atom. The van der Waals surface area contributed by atoms with Crippen LogP contribution in [-0.4, -0.2) is 52.9 Å². The zero-order chi connectivity index (χ0) is 25.7. The van der Waals surface area contributed by atoms with Crippen molar-refractivity contribution in [1.29, 1.82) is 0 Å². The molecular formula is C29H38FN3O2S. The van der Waals surface area contributed by atoms with Crippen LogP contribution in [0, 0.1) is 11.7 Å². The number of likely N-dealkylation sites (tertiary alicyclic amines) is 1. The molecule has 7 heteroatoms. The highest BCUT2D eigenvalue weighted by molar-refractivity contribution is 7.16. The Morgan fingerprint density at radius 2 is 1.72 bits per heavy atom. The van der Waals surface area contributed by atoms with Gasteiger partial charge in [0.2, 0.25) is 0 Å². The number of halogens is 1. The van der Waals surface area contributed by atoms with Gasteiger partial charge in [-0.05, 0) is 101 Å². The van der Waals surface area contributed by atoms with Crippen molar-refractivity contribution in [3.05, 3.63) is 69.1 Å². The highest BCUT2D eigenvalue weighted by atomic mass is 32.1. The lowest BCUT2D eigenvalue weighted by molar-refractivity contribution is 0.0837. The molecule has 1 unspecified atom stereocenters. The second kappa shape index (κ2) is 12.3. The van der Waals surface area contributed by atoms with Gasteiger partial charge in [0.25, 0.3) is 0 Å². The number of hydrogen-bond donors (Lipinski definition) is 0. The summed E-state index contributed by atoms with van der Waals surface area (Å²) in [6.07, 6.45) is 3.85. The van der Waals surface area contributed by atoms with E-state index >= 15 is 0 Å². The number of aromatic nitrogens is 1. The topological polar surface area (TPSA) is 45.6 Å². The molecule has 0 spiro atoms. The van der Waals surface area contributed by atoms with E-state index in [2.05, 4.69) is 48.8 Å². The molecule has 4 rings (SSSR count). The van der Waals surface area contributed by atoms with Crippen LogP contribution in [0.3, 0.4) is 0 Å². The SMILES string of the molecule is CCCN(CCC)C(C)c1ccc2c(c1)sc(=O)n2CCN1CCC(C(=O)c2ccc(F)cc2)CC1. The number of carbonyl (C=O) groups is 1. The van der Waals surface area contributed by atoms with Gasteiger partial charge in [0.15, 0.2) is 5.78 Å². The molecule has 194 valence electrons. The summed E-state index contributed by atoms with van der Waals surface area (Å²) in [4.78, 5) is 30.5. The van der Waals surface area contributed by atoms with Crippen LogP contribution in [0.2, 0.25) is 0 Å². The van der Waals surface area contributed by atoms with Crippen molar-refractivity contribution in [3.8, 4) is 0 Å². The average Bonchev–Trinajstić information content (AvgIpc) is 3.21. The minimum absolute atomic E-state index is 0.0168. The maximum Gasteiger partial charge on any atom is 0.308 e. The first kappa shape index (κ1) is 26.7. The molecule has 1 aromatic heterocycles. The molecule has 0 bridgehead atoms. The van der Waals surface area contributed by atoms with E-state index in [1.165, 1.54) is 29.0 Å². The molecule has 1 saturated heterocycles. The molecule has 36 heavy (non-hydrogen) atoms. The second-order valence-electron chi connectivity index (χ2n) is 9.95. The number of carbonyl (C=O) groups excluding carboxylic acids is 1. The minimum atomic E-state index is -0.321. The third kappa shape index (κ3) is 6.13. The van der Waals surface area contributed by atoms with Gasteiger partial charge in [0.1, 0.15) is 5.82 Å². The molecule has 0 saturated carbocycles. The standard InChI is InChI=1S/C29H38FN3O2S/c1-4-14-32(15-5-2)21(3)24-8-11-26-27(20-24)36-29(35)33(26)19-18-31-16-12-23(13-17-31)28(34)22-6-9-25(30)10-7-22/h6-11,20-21,23H,4-5,12-19H2,1-3H3. The van der Waals surface area contributed by atoms with Gasteiger partial charge in [-0.15, -0.1) is 0 Å². The van der Waals surface area contributed by atoms with Crippen LogP contribution in [0.5, 0.6) is 0 Å². The Kier molecular flexibility index (Phi) is 9.09. The highest BCUT2D eigenvalue weighted by Gasteiger charge is 2.26. The summed E-state index contributed by atoms with van der Waals surface area (Å²) in [6.45, 7) is 12.0. The van der Waals surface area contributed by atoms with Gasteiger partial charge in [-0.2, -0.15) is 0 Å². The normalized spacial score (nSPS) is 16.1. The monoisotopic (exact) mass is 511 g/mol. The first-order valence-corrected chi connectivity index (χ1v) is 14.1. The zero-order valence-corrected chi connectivity index (χ0v) is 22.5. The lowest BCUT2D eigenvalue weighted by atomic mass is 9.89. The maximum absolute atomic E-state index is 13.2. The third-order valence-corrected chi connectivity index (χ3v) is 8.41. The number of Topliss-reactive ketones (excluding diaryl/α,β-unsaturated/α-hetero) is 1. The van der Waals surface area contributed by atoms with Gasteiger partial charge in [-0.1, -0.05) is 31.3 Å². The second-order valence-corrected chi connectivity index (χ2v) is 10.9. The zero-order valence-electron chi connectivity index (χ0n) is 21.7. The van der Waals surface area contributed by atoms with Gasteiger partial charge in [-0.3, -0.25) is 19.1 Å². The van der Waals surface area contributed by atoms with Crippen LogP contribution in [-0.2, 0) is 6.54 Å². The Bertz CT molecular complexity index is 1210. The van der Waals surface area contributed by atoms with Gasteiger partial charge >= 0.3 is 4.87 Å². The van der Waals surface area contributed by atoms with Crippen molar-refractivity contribution < 1.29 is 9.18 Å². The third-order valence-electron chi connectivity index (χ3n) is 7.47. The van der Waals surface area contributed by atoms with Gasteiger partial charge in [0.05, 0.1) is 10.2 Å². The quantitative estimate of drug-likeness (QED) is 0.297. The lowest BCUT2D eigenvalue weighted by Crippen LogP contribution is -2.38. The summed E-state index contributed by atoms with van der Waals surface area (Å²) in [5.41, 5.74) is 2.87. The highest BCUT2D eigenvalue weighted by Crippen LogP contribution is 2.27. The van der Waals surface area contributed by atoms with Crippen molar-refractivity contribution in [2.75, 3.05) is 32.7 Å². The molecule has 3 aromatic rings. The van der Waals surface area contributed by atoms with Crippen LogP contribution in [0.25, 0.3) is 10.2 Å². The van der Waals surface area contributed by atoms with Crippen molar-refractivity contribution >= 4 is 27.3 Å². The molecule has 1 atom stereocenters. The first-order valence-electron chi connectivity index (χ1n) is 13.3. The van der Waals surface area contributed by atoms with Gasteiger partial charge in [0, 0.05) is 30.6 Å². The number of nitrogens with zero attached hydrogens (tertiary/aromatic N) is 3. The summed E-state index contributed by atoms with van der Waals surface area (Å²) in [5.74, 6) is -0.230. The fourth-order valence-corrected chi connectivity index (χ4v) is 6.31. The van der Waals surface area contributed by atoms with Crippen molar-refractivity contribution in [2.45, 2.75) is 59.0 Å². The molecule has 0 radical (unpaired) electrons. The maximum atomic E-state index is 13.2. The Morgan fingerprint density at radius 3 is 2.36 bits per heavy atom. The van der Waals surface area contributed by atoms with E-state index in [9.17, 15) is 14.0 Å². The molecule has 1 aliphatic heterocycles. The molecule has 1 fully saturated rings. The Balaban J connectivity index is 1.36. The Hall–Kier alpha value is -2.35. The van der Waals surface area contributed by atoms with Crippen LogP contribution >= 0.6 is 11.3 Å². The number of rotatable bonds is 11. The van der Waals surface area contributed by atoms with Crippen molar-refractivity contribution in [1.82, 2.24) is 14.4 Å². The number of thiazole rings is 1. The number of benzene rings is 2. The molecule has 0 aliphatic carbocycles. The van der Waals surface area contributed by atoms with E-state index in [0.717, 1.165) is 68.6 Å². The predicted molar refractivity (Wildman–Crippen MR) is 147 cm³/mol. The van der Waals surface area contributed by atoms with Gasteiger partial charge in [-0.25, -0.2) is 4.39 Å². The van der Waals surface area contributed by atoms with Crippen LogP contribution < -0.4 is 4.87 Å². The summed E-state index contributed by atoms with van der Waals surface area (Å²) >= 11 is 1.34. The Labute approximate surface area is 217 Å². The summed E-state index contributed by atoms with van der Waals surface area (Å²) in [6, 6.07) is 12.7. The molecule has 2 heterocycles. The predicted octanol–water partition coefficient (Wildman–Crippen LogP) is 5.98. The van der Waals surface area contributed by atoms with E-state index in [0.29, 0.717) is 18.2 Å². The average molecular weight is 512 g/mol. The molecule has 0 amide bonds. The molecular weight excluding hydrogens is 473 g/mol. The van der Waals surface area contributed by atoms with E-state index in [-0.39, 0.29) is 22.4 Å². The van der Waals surface area contributed by atoms with E-state index in [4.69, 9.17) is 0 Å². The fraction of sp³-hybridized carbons (Fsp3) is 0.517. The van der Waals surface area contributed by atoms with Crippen LogP contribution in [0.1, 0.15) is 68.4 Å². The van der Waals surface area contributed by atoms with Crippen molar-refractivity contribution in [2.24, 2.45) is 5.92 Å². The first-order chi connectivity index (χ1) is 17.4. The summed E-state index contributed by atoms with van der Waals surface area (Å²) in [5, 5.41) is 0. The number of hydrogen-bond acceptors (Lipinski definition) is 5. The van der Waals surface area contributed by atoms with E-state index < -0.39 is 0 Å². The summed E-state index contributed by atoms with van der Waals surface area (Å²) in [7, 11) is 0. The minimum Gasteiger partial charge on any atom is -0.302 e. The number of fused-ring (bicyclic) bond motifs is 1. The van der Waals surface area contributed by atoms with E-state index in [1.54, 1.807) is 12.1 Å². The smallest absolute Gasteiger partial charge is 0.302 e. The molecule has 5 nitrogen and oxygen atoms in total. The van der Waals surface area contributed by atoms with Crippen LogP contribution in [0.15, 0.2) is 47.3 Å². The van der Waals surface area contributed by atoms with Gasteiger partial charge < -0.3 is 4.90 Å². The number of piperidine rings is 1. The lowest BCUT2D eigenvalue weighted by Gasteiger charge is -2.31. The molecule has 2 aromatic carbocycles. The number of ketones is 1. The van der Waals surface area contributed by atoms with Crippen LogP contribution in [0.4, 0.5) is 4.39 Å². The van der Waals surface area contributed by atoms with E-state index in [1.807, 2.05) is 4.57 Å². The largest absolute Gasteiger partial charge is 0.308 e. The van der Waals surface area contributed by atoms with Crippen molar-refractivity contribution in [3.63, 3.8) is 0 Å².